The molecule has 0 aliphatic rings. The normalized spacial score (nSPS) is 10.6. The van der Waals surface area contributed by atoms with Gasteiger partial charge < -0.3 is 14.6 Å². The number of benzene rings is 2. The van der Waals surface area contributed by atoms with Gasteiger partial charge in [-0.3, -0.25) is 4.79 Å². The van der Waals surface area contributed by atoms with Crippen LogP contribution in [-0.2, 0) is 6.54 Å². The Morgan fingerprint density at radius 3 is 2.81 bits per heavy atom. The Hall–Kier alpha value is -2.86. The van der Waals surface area contributed by atoms with Crippen molar-refractivity contribution in [3.8, 4) is 17.1 Å². The fourth-order valence-electron chi connectivity index (χ4n) is 2.43. The molecule has 3 rings (SSSR count). The van der Waals surface area contributed by atoms with E-state index < -0.39 is 0 Å². The van der Waals surface area contributed by atoms with Crippen LogP contribution < -0.4 is 10.1 Å². The second-order valence-corrected chi connectivity index (χ2v) is 5.99. The zero-order valence-electron chi connectivity index (χ0n) is 14.5. The Kier molecular flexibility index (Phi) is 5.53. The van der Waals surface area contributed by atoms with Gasteiger partial charge in [-0.05, 0) is 37.6 Å². The van der Waals surface area contributed by atoms with E-state index in [4.69, 9.17) is 20.9 Å². The molecular formula is C19H18ClN3O3. The first-order valence-corrected chi connectivity index (χ1v) is 8.55. The van der Waals surface area contributed by atoms with E-state index in [1.807, 2.05) is 38.1 Å². The van der Waals surface area contributed by atoms with Crippen molar-refractivity contribution in [3.63, 3.8) is 0 Å². The molecule has 0 spiro atoms. The fraction of sp³-hybridized carbons (Fsp3) is 0.211. The number of aryl methyl sites for hydroxylation is 1. The molecule has 0 fully saturated rings. The molecule has 134 valence electrons. The fourth-order valence-corrected chi connectivity index (χ4v) is 2.67. The Morgan fingerprint density at radius 2 is 2.08 bits per heavy atom. The summed E-state index contributed by atoms with van der Waals surface area (Å²) in [6.07, 6.45) is 0. The molecule has 0 aliphatic heterocycles. The molecule has 0 radical (unpaired) electrons. The Bertz CT molecular complexity index is 924. The predicted molar refractivity (Wildman–Crippen MR) is 98.3 cm³/mol. The molecule has 0 aliphatic carbocycles. The maximum absolute atomic E-state index is 12.3. The molecule has 0 atom stereocenters. The number of amides is 1. The average Bonchev–Trinajstić information content (AvgIpc) is 3.10. The molecule has 0 saturated heterocycles. The van der Waals surface area contributed by atoms with Crippen molar-refractivity contribution in [2.24, 2.45) is 0 Å². The lowest BCUT2D eigenvalue weighted by Gasteiger charge is -2.07. The highest BCUT2D eigenvalue weighted by Crippen LogP contribution is 2.25. The van der Waals surface area contributed by atoms with E-state index in [2.05, 4.69) is 15.5 Å². The smallest absolute Gasteiger partial charge is 0.251 e. The lowest BCUT2D eigenvalue weighted by atomic mass is 10.1. The highest BCUT2D eigenvalue weighted by Gasteiger charge is 2.13. The quantitative estimate of drug-likeness (QED) is 0.707. The van der Waals surface area contributed by atoms with Crippen LogP contribution in [0.2, 0.25) is 5.02 Å². The van der Waals surface area contributed by atoms with Crippen LogP contribution >= 0.6 is 11.6 Å². The molecule has 0 unspecified atom stereocenters. The SMILES string of the molecule is CCOc1ccc(C(=O)NCc2nc(-c3ccccc3C)no2)cc1Cl. The molecule has 0 saturated carbocycles. The summed E-state index contributed by atoms with van der Waals surface area (Å²) >= 11 is 6.11. The van der Waals surface area contributed by atoms with E-state index in [9.17, 15) is 4.79 Å². The summed E-state index contributed by atoms with van der Waals surface area (Å²) in [5.41, 5.74) is 2.37. The summed E-state index contributed by atoms with van der Waals surface area (Å²) in [7, 11) is 0. The van der Waals surface area contributed by atoms with E-state index in [1.165, 1.54) is 0 Å². The Balaban J connectivity index is 1.65. The topological polar surface area (TPSA) is 77.2 Å². The summed E-state index contributed by atoms with van der Waals surface area (Å²) in [5, 5.41) is 7.10. The third kappa shape index (κ3) is 4.03. The van der Waals surface area contributed by atoms with Gasteiger partial charge in [0.15, 0.2) is 0 Å². The van der Waals surface area contributed by atoms with E-state index in [1.54, 1.807) is 18.2 Å². The summed E-state index contributed by atoms with van der Waals surface area (Å²) < 4.78 is 10.6. The third-order valence-corrected chi connectivity index (χ3v) is 4.04. The van der Waals surface area contributed by atoms with Gasteiger partial charge in [-0.2, -0.15) is 4.98 Å². The molecule has 0 bridgehead atoms. The van der Waals surface area contributed by atoms with Crippen molar-refractivity contribution in [1.82, 2.24) is 15.5 Å². The first kappa shape index (κ1) is 17.9. The lowest BCUT2D eigenvalue weighted by molar-refractivity contribution is 0.0946. The zero-order chi connectivity index (χ0) is 18.5. The summed E-state index contributed by atoms with van der Waals surface area (Å²) in [4.78, 5) is 16.6. The molecule has 1 N–H and O–H groups in total. The minimum absolute atomic E-state index is 0.128. The third-order valence-electron chi connectivity index (χ3n) is 3.75. The minimum Gasteiger partial charge on any atom is -0.492 e. The van der Waals surface area contributed by atoms with Crippen LogP contribution in [0.3, 0.4) is 0 Å². The summed E-state index contributed by atoms with van der Waals surface area (Å²) in [5.74, 6) is 1.08. The van der Waals surface area contributed by atoms with Crippen LogP contribution in [0.1, 0.15) is 28.7 Å². The first-order valence-electron chi connectivity index (χ1n) is 8.17. The number of hydrogen-bond donors (Lipinski definition) is 1. The zero-order valence-corrected chi connectivity index (χ0v) is 15.2. The summed E-state index contributed by atoms with van der Waals surface area (Å²) in [6.45, 7) is 4.48. The monoisotopic (exact) mass is 371 g/mol. The lowest BCUT2D eigenvalue weighted by Crippen LogP contribution is -2.22. The molecule has 6 nitrogen and oxygen atoms in total. The molecule has 1 amide bonds. The van der Waals surface area contributed by atoms with Crippen molar-refractivity contribution in [1.29, 1.82) is 0 Å². The highest BCUT2D eigenvalue weighted by atomic mass is 35.5. The van der Waals surface area contributed by atoms with E-state index in [0.29, 0.717) is 34.7 Å². The van der Waals surface area contributed by atoms with Crippen LogP contribution in [0.4, 0.5) is 0 Å². The number of rotatable bonds is 6. The second kappa shape index (κ2) is 8.01. The number of carbonyl (C=O) groups is 1. The van der Waals surface area contributed by atoms with Crippen LogP contribution in [0.5, 0.6) is 5.75 Å². The van der Waals surface area contributed by atoms with Crippen molar-refractivity contribution in [2.45, 2.75) is 20.4 Å². The molecule has 2 aromatic carbocycles. The van der Waals surface area contributed by atoms with Crippen LogP contribution in [0, 0.1) is 6.92 Å². The maximum atomic E-state index is 12.3. The standard InChI is InChI=1S/C19H18ClN3O3/c1-3-25-16-9-8-13(10-15(16)20)19(24)21-11-17-22-18(23-26-17)14-7-5-4-6-12(14)2/h4-10H,3,11H2,1-2H3,(H,21,24). The molecule has 1 heterocycles. The minimum atomic E-state index is -0.286. The van der Waals surface area contributed by atoms with Gasteiger partial charge in [0.1, 0.15) is 5.75 Å². The van der Waals surface area contributed by atoms with Gasteiger partial charge in [0, 0.05) is 11.1 Å². The maximum Gasteiger partial charge on any atom is 0.251 e. The van der Waals surface area contributed by atoms with Gasteiger partial charge in [-0.25, -0.2) is 0 Å². The van der Waals surface area contributed by atoms with Gasteiger partial charge in [-0.1, -0.05) is 41.0 Å². The molecule has 3 aromatic rings. The first-order chi connectivity index (χ1) is 12.6. The van der Waals surface area contributed by atoms with Crippen molar-refractivity contribution < 1.29 is 14.1 Å². The Morgan fingerprint density at radius 1 is 1.27 bits per heavy atom. The predicted octanol–water partition coefficient (Wildman–Crippen LogP) is 4.03. The van der Waals surface area contributed by atoms with Crippen LogP contribution in [0.15, 0.2) is 47.0 Å². The molecule has 1 aromatic heterocycles. The van der Waals surface area contributed by atoms with Crippen molar-refractivity contribution in [3.05, 3.63) is 64.5 Å². The number of halogens is 1. The average molecular weight is 372 g/mol. The highest BCUT2D eigenvalue weighted by molar-refractivity contribution is 6.32. The molecular weight excluding hydrogens is 354 g/mol. The Labute approximate surface area is 156 Å². The number of aromatic nitrogens is 2. The van der Waals surface area contributed by atoms with E-state index >= 15 is 0 Å². The van der Waals surface area contributed by atoms with E-state index in [0.717, 1.165) is 11.1 Å². The molecule has 7 heteroatoms. The van der Waals surface area contributed by atoms with Crippen LogP contribution in [-0.4, -0.2) is 22.7 Å². The van der Waals surface area contributed by atoms with Gasteiger partial charge in [-0.15, -0.1) is 0 Å². The van der Waals surface area contributed by atoms with Gasteiger partial charge >= 0.3 is 0 Å². The van der Waals surface area contributed by atoms with Gasteiger partial charge in [0.05, 0.1) is 18.2 Å². The summed E-state index contributed by atoms with van der Waals surface area (Å²) in [6, 6.07) is 12.6. The largest absolute Gasteiger partial charge is 0.492 e. The van der Waals surface area contributed by atoms with Gasteiger partial charge in [0.2, 0.25) is 11.7 Å². The van der Waals surface area contributed by atoms with E-state index in [-0.39, 0.29) is 12.5 Å². The number of nitrogens with one attached hydrogen (secondary N) is 1. The number of hydrogen-bond acceptors (Lipinski definition) is 5. The number of ether oxygens (including phenoxy) is 1. The van der Waals surface area contributed by atoms with Crippen molar-refractivity contribution >= 4 is 17.5 Å². The second-order valence-electron chi connectivity index (χ2n) is 5.59. The van der Waals surface area contributed by atoms with Crippen molar-refractivity contribution in [2.75, 3.05) is 6.61 Å². The number of carbonyl (C=O) groups excluding carboxylic acids is 1. The number of nitrogens with zero attached hydrogens (tertiary/aromatic N) is 2. The molecule has 26 heavy (non-hydrogen) atoms. The van der Waals surface area contributed by atoms with Crippen LogP contribution in [0.25, 0.3) is 11.4 Å². The van der Waals surface area contributed by atoms with Gasteiger partial charge in [0.25, 0.3) is 5.91 Å².